The zero-order chi connectivity index (χ0) is 23.4. The van der Waals surface area contributed by atoms with E-state index in [1.54, 1.807) is 14.2 Å². The monoisotopic (exact) mass is 446 g/mol. The van der Waals surface area contributed by atoms with Crippen molar-refractivity contribution < 1.29 is 19.0 Å². The summed E-state index contributed by atoms with van der Waals surface area (Å²) in [5.41, 5.74) is 5.17. The van der Waals surface area contributed by atoms with Crippen LogP contribution in [0.1, 0.15) is 28.3 Å². The minimum absolute atomic E-state index is 0.157. The van der Waals surface area contributed by atoms with E-state index in [4.69, 9.17) is 14.2 Å². The molecule has 0 spiro atoms. The van der Waals surface area contributed by atoms with Gasteiger partial charge in [-0.1, -0.05) is 24.3 Å². The van der Waals surface area contributed by atoms with Gasteiger partial charge in [-0.15, -0.1) is 0 Å². The van der Waals surface area contributed by atoms with Crippen LogP contribution in [0.5, 0.6) is 17.2 Å². The highest BCUT2D eigenvalue weighted by atomic mass is 16.5. The molecule has 3 aromatic rings. The van der Waals surface area contributed by atoms with E-state index in [1.165, 1.54) is 0 Å². The van der Waals surface area contributed by atoms with Gasteiger partial charge in [0.05, 0.1) is 20.3 Å². The van der Waals surface area contributed by atoms with Crippen LogP contribution in [0, 0.1) is 13.8 Å². The number of carbonyl (C=O) groups is 1. The van der Waals surface area contributed by atoms with Crippen LogP contribution in [0.2, 0.25) is 0 Å². The highest BCUT2D eigenvalue weighted by Gasteiger charge is 2.33. The number of hydrogen-bond acceptors (Lipinski definition) is 4. The average Bonchev–Trinajstić information content (AvgIpc) is 2.81. The highest BCUT2D eigenvalue weighted by Crippen LogP contribution is 2.38. The van der Waals surface area contributed by atoms with Gasteiger partial charge >= 0.3 is 6.03 Å². The molecule has 1 unspecified atom stereocenters. The maximum atomic E-state index is 13.3. The van der Waals surface area contributed by atoms with Gasteiger partial charge in [0.25, 0.3) is 0 Å². The number of hydrogen-bond donors (Lipinski definition) is 1. The number of urea groups is 1. The average molecular weight is 447 g/mol. The van der Waals surface area contributed by atoms with Gasteiger partial charge in [-0.05, 0) is 78.9 Å². The summed E-state index contributed by atoms with van der Waals surface area (Å²) in [5.74, 6) is 2.12. The van der Waals surface area contributed by atoms with Gasteiger partial charge in [0, 0.05) is 12.2 Å². The molecule has 1 atom stereocenters. The Labute approximate surface area is 195 Å². The molecule has 0 bridgehead atoms. The SMILES string of the molecule is COc1cc2c(cc1OC)C(COc1cc(C)cc(C)c1)N(C(=O)Nc1ccccc1)CC2. The Morgan fingerprint density at radius 3 is 2.30 bits per heavy atom. The summed E-state index contributed by atoms with van der Waals surface area (Å²) < 4.78 is 17.3. The van der Waals surface area contributed by atoms with Gasteiger partial charge < -0.3 is 24.4 Å². The van der Waals surface area contributed by atoms with E-state index in [2.05, 4.69) is 11.4 Å². The third kappa shape index (κ3) is 5.06. The second kappa shape index (κ2) is 9.86. The zero-order valence-electron chi connectivity index (χ0n) is 19.6. The molecule has 1 heterocycles. The van der Waals surface area contributed by atoms with Crippen LogP contribution in [0.3, 0.4) is 0 Å². The maximum absolute atomic E-state index is 13.3. The highest BCUT2D eigenvalue weighted by molar-refractivity contribution is 5.89. The molecule has 2 amide bonds. The summed E-state index contributed by atoms with van der Waals surface area (Å²) >= 11 is 0. The molecule has 0 saturated heterocycles. The van der Waals surface area contributed by atoms with E-state index in [-0.39, 0.29) is 12.1 Å². The second-order valence-corrected chi connectivity index (χ2v) is 8.30. The molecule has 0 radical (unpaired) electrons. The lowest BCUT2D eigenvalue weighted by Gasteiger charge is -2.37. The fraction of sp³-hybridized carbons (Fsp3) is 0.296. The first-order valence-electron chi connectivity index (χ1n) is 11.1. The van der Waals surface area contributed by atoms with Crippen LogP contribution < -0.4 is 19.5 Å². The van der Waals surface area contributed by atoms with E-state index in [9.17, 15) is 4.79 Å². The number of methoxy groups -OCH3 is 2. The molecular weight excluding hydrogens is 416 g/mol. The number of nitrogens with zero attached hydrogens (tertiary/aromatic N) is 1. The number of aryl methyl sites for hydroxylation is 2. The molecule has 33 heavy (non-hydrogen) atoms. The summed E-state index contributed by atoms with van der Waals surface area (Å²) in [4.78, 5) is 15.1. The van der Waals surface area contributed by atoms with E-state index in [0.717, 1.165) is 40.1 Å². The molecule has 6 nitrogen and oxygen atoms in total. The number of para-hydroxylation sites is 1. The van der Waals surface area contributed by atoms with E-state index in [1.807, 2.05) is 73.3 Å². The first-order valence-corrected chi connectivity index (χ1v) is 11.1. The van der Waals surface area contributed by atoms with Crippen LogP contribution in [0.4, 0.5) is 10.5 Å². The Balaban J connectivity index is 1.66. The maximum Gasteiger partial charge on any atom is 0.322 e. The van der Waals surface area contributed by atoms with Crippen LogP contribution in [0.25, 0.3) is 0 Å². The van der Waals surface area contributed by atoms with Gasteiger partial charge in [-0.2, -0.15) is 0 Å². The number of anilines is 1. The molecule has 1 aliphatic heterocycles. The fourth-order valence-corrected chi connectivity index (χ4v) is 4.36. The Morgan fingerprint density at radius 2 is 1.64 bits per heavy atom. The summed E-state index contributed by atoms with van der Waals surface area (Å²) in [5, 5.41) is 3.02. The molecule has 0 fully saturated rings. The van der Waals surface area contributed by atoms with Crippen molar-refractivity contribution in [1.82, 2.24) is 4.90 Å². The molecule has 1 aliphatic rings. The van der Waals surface area contributed by atoms with Crippen LogP contribution in [0.15, 0.2) is 60.7 Å². The minimum atomic E-state index is -0.280. The number of nitrogens with one attached hydrogen (secondary N) is 1. The summed E-state index contributed by atoms with van der Waals surface area (Å²) in [6.45, 7) is 4.99. The Hall–Kier alpha value is -3.67. The number of fused-ring (bicyclic) bond motifs is 1. The number of ether oxygens (including phenoxy) is 3. The second-order valence-electron chi connectivity index (χ2n) is 8.30. The topological polar surface area (TPSA) is 60.0 Å². The van der Waals surface area contributed by atoms with Gasteiger partial charge in [0.1, 0.15) is 12.4 Å². The number of carbonyl (C=O) groups excluding carboxylic acids is 1. The van der Waals surface area contributed by atoms with Gasteiger partial charge in [-0.25, -0.2) is 4.79 Å². The van der Waals surface area contributed by atoms with Crippen LogP contribution in [-0.2, 0) is 6.42 Å². The number of benzene rings is 3. The van der Waals surface area contributed by atoms with Crippen LogP contribution in [-0.4, -0.2) is 38.3 Å². The van der Waals surface area contributed by atoms with Crippen molar-refractivity contribution in [2.45, 2.75) is 26.3 Å². The van der Waals surface area contributed by atoms with Crippen LogP contribution >= 0.6 is 0 Å². The molecule has 4 rings (SSSR count). The first-order chi connectivity index (χ1) is 16.0. The van der Waals surface area contributed by atoms with Gasteiger partial charge in [0.2, 0.25) is 0 Å². The summed E-state index contributed by atoms with van der Waals surface area (Å²) in [6, 6.07) is 19.2. The lowest BCUT2D eigenvalue weighted by Crippen LogP contribution is -2.44. The predicted molar refractivity (Wildman–Crippen MR) is 130 cm³/mol. The zero-order valence-corrected chi connectivity index (χ0v) is 19.6. The van der Waals surface area contributed by atoms with Crippen molar-refractivity contribution >= 4 is 11.7 Å². The van der Waals surface area contributed by atoms with Crippen molar-refractivity contribution in [1.29, 1.82) is 0 Å². The lowest BCUT2D eigenvalue weighted by molar-refractivity contribution is 0.144. The molecular formula is C27H30N2O4. The first kappa shape index (κ1) is 22.5. The standard InChI is InChI=1S/C27H30N2O4/c1-18-12-19(2)14-22(13-18)33-17-24-23-16-26(32-4)25(31-3)15-20(23)10-11-29(24)27(30)28-21-8-6-5-7-9-21/h5-9,12-16,24H,10-11,17H2,1-4H3,(H,28,30). The molecule has 0 aromatic heterocycles. The molecule has 0 saturated carbocycles. The molecule has 3 aromatic carbocycles. The summed E-state index contributed by atoms with van der Waals surface area (Å²) in [7, 11) is 3.25. The minimum Gasteiger partial charge on any atom is -0.493 e. The van der Waals surface area contributed by atoms with Crippen molar-refractivity contribution in [2.24, 2.45) is 0 Å². The van der Waals surface area contributed by atoms with E-state index in [0.29, 0.717) is 24.7 Å². The quantitative estimate of drug-likeness (QED) is 0.541. The fourth-order valence-electron chi connectivity index (χ4n) is 4.36. The molecule has 6 heteroatoms. The summed E-state index contributed by atoms with van der Waals surface area (Å²) in [6.07, 6.45) is 0.720. The van der Waals surface area contributed by atoms with Gasteiger partial charge in [-0.3, -0.25) is 0 Å². The van der Waals surface area contributed by atoms with Crippen molar-refractivity contribution in [3.63, 3.8) is 0 Å². The lowest BCUT2D eigenvalue weighted by atomic mass is 9.92. The third-order valence-corrected chi connectivity index (χ3v) is 5.89. The Bertz CT molecular complexity index is 1110. The Kier molecular flexibility index (Phi) is 6.73. The third-order valence-electron chi connectivity index (χ3n) is 5.89. The molecule has 0 aliphatic carbocycles. The van der Waals surface area contributed by atoms with Crippen molar-refractivity contribution in [2.75, 3.05) is 32.7 Å². The van der Waals surface area contributed by atoms with Crippen molar-refractivity contribution in [3.05, 3.63) is 82.9 Å². The normalized spacial score (nSPS) is 14.9. The van der Waals surface area contributed by atoms with Gasteiger partial charge in [0.15, 0.2) is 11.5 Å². The largest absolute Gasteiger partial charge is 0.493 e. The number of amides is 2. The number of rotatable bonds is 6. The smallest absolute Gasteiger partial charge is 0.322 e. The van der Waals surface area contributed by atoms with E-state index < -0.39 is 0 Å². The Morgan fingerprint density at radius 1 is 0.970 bits per heavy atom. The predicted octanol–water partition coefficient (Wildman–Crippen LogP) is 5.53. The van der Waals surface area contributed by atoms with E-state index >= 15 is 0 Å². The van der Waals surface area contributed by atoms with Crippen molar-refractivity contribution in [3.8, 4) is 17.2 Å². The molecule has 172 valence electrons. The molecule has 1 N–H and O–H groups in total.